The van der Waals surface area contributed by atoms with Crippen molar-refractivity contribution in [1.29, 1.82) is 0 Å². The van der Waals surface area contributed by atoms with E-state index < -0.39 is 93.0 Å². The number of carboxylic acids is 1. The molecular formula is C71H84N12O15S2. The van der Waals surface area contributed by atoms with Gasteiger partial charge in [-0.2, -0.15) is 13.5 Å². The van der Waals surface area contributed by atoms with Gasteiger partial charge in [0.1, 0.15) is 36.3 Å². The summed E-state index contributed by atoms with van der Waals surface area (Å²) in [4.78, 5) is 129. The molecule has 0 radical (unpaired) electrons. The molecule has 530 valence electrons. The van der Waals surface area contributed by atoms with E-state index in [9.17, 15) is 61.2 Å². The van der Waals surface area contributed by atoms with E-state index in [1.165, 1.54) is 18.3 Å². The van der Waals surface area contributed by atoms with Gasteiger partial charge in [0.2, 0.25) is 23.6 Å². The quantitative estimate of drug-likeness (QED) is 0.0126. The monoisotopic (exact) mass is 1410 g/mol. The van der Waals surface area contributed by atoms with Gasteiger partial charge >= 0.3 is 12.1 Å². The number of benzene rings is 3. The van der Waals surface area contributed by atoms with Crippen molar-refractivity contribution >= 4 is 102 Å². The fraction of sp³-hybridized carbons (Fsp3) is 0.465. The van der Waals surface area contributed by atoms with Gasteiger partial charge in [0.05, 0.1) is 28.6 Å². The number of aromatic carboxylic acids is 1. The van der Waals surface area contributed by atoms with Gasteiger partial charge in [-0.25, -0.2) is 19.6 Å². The molecule has 6 aromatic rings. The molecule has 8 N–H and O–H groups in total. The van der Waals surface area contributed by atoms with E-state index in [1.807, 2.05) is 65.0 Å². The molecule has 6 aliphatic rings. The van der Waals surface area contributed by atoms with Crippen LogP contribution in [0.15, 0.2) is 97.2 Å². The Balaban J connectivity index is 0.633. The van der Waals surface area contributed by atoms with Crippen molar-refractivity contribution in [2.24, 2.45) is 22.2 Å². The first-order valence-electron chi connectivity index (χ1n) is 33.6. The highest BCUT2D eigenvalue weighted by molar-refractivity contribution is 7.85. The molecule has 0 saturated heterocycles. The van der Waals surface area contributed by atoms with E-state index in [0.717, 1.165) is 82.6 Å². The molecule has 29 heteroatoms. The van der Waals surface area contributed by atoms with Crippen molar-refractivity contribution in [3.8, 4) is 11.1 Å². The maximum absolute atomic E-state index is 13.8. The number of pyridine rings is 1. The van der Waals surface area contributed by atoms with Gasteiger partial charge in [-0.1, -0.05) is 81.9 Å². The molecule has 8 amide bonds. The average Bonchev–Trinajstić information content (AvgIpc) is 0.864. The van der Waals surface area contributed by atoms with Gasteiger partial charge in [-0.15, -0.1) is 0 Å². The number of unbranched alkanes of at least 4 members (excludes halogenated alkanes) is 2. The summed E-state index contributed by atoms with van der Waals surface area (Å²) in [5.41, 5.74) is 5.47. The van der Waals surface area contributed by atoms with Crippen LogP contribution in [0.3, 0.4) is 0 Å². The number of nitrogens with one attached hydrogen (secondary N) is 6. The van der Waals surface area contributed by atoms with Crippen LogP contribution in [0.4, 0.5) is 21.4 Å². The number of carbonyl (C=O) groups is 9. The molecule has 3 aromatic heterocycles. The summed E-state index contributed by atoms with van der Waals surface area (Å²) in [6.07, 6.45) is 10.6. The highest BCUT2D eigenvalue weighted by Crippen LogP contribution is 2.72. The second kappa shape index (κ2) is 29.4. The van der Waals surface area contributed by atoms with Crippen LogP contribution in [0, 0.1) is 29.1 Å². The summed E-state index contributed by atoms with van der Waals surface area (Å²) in [6.45, 7) is 13.3. The van der Waals surface area contributed by atoms with E-state index in [0.29, 0.717) is 77.8 Å². The molecule has 3 aromatic carbocycles. The highest BCUT2D eigenvalue weighted by Gasteiger charge is 2.66. The number of alkyl carbamates (subject to hydrolysis) is 1. The fourth-order valence-electron chi connectivity index (χ4n) is 16.2. The molecule has 5 heterocycles. The number of ether oxygens (including phenoxy) is 2. The maximum Gasteiger partial charge on any atom is 0.407 e. The summed E-state index contributed by atoms with van der Waals surface area (Å²) in [5.74, 6) is -6.77. The number of rotatable bonds is 29. The van der Waals surface area contributed by atoms with Crippen LogP contribution >= 0.6 is 11.3 Å². The molecule has 4 fully saturated rings. The molecular weight excluding hydrogens is 1320 g/mol. The Labute approximate surface area is 582 Å². The minimum atomic E-state index is -4.80. The largest absolute Gasteiger partial charge is 0.476 e. The Morgan fingerprint density at radius 1 is 0.770 bits per heavy atom. The lowest BCUT2D eigenvalue weighted by Gasteiger charge is -2.69. The normalized spacial score (nSPS) is 21.5. The van der Waals surface area contributed by atoms with Gasteiger partial charge in [0.25, 0.3) is 27.8 Å². The summed E-state index contributed by atoms with van der Waals surface area (Å²) >= 11 is 1.41. The van der Waals surface area contributed by atoms with E-state index in [2.05, 4.69) is 50.7 Å². The van der Waals surface area contributed by atoms with Crippen LogP contribution in [0.1, 0.15) is 142 Å². The summed E-state index contributed by atoms with van der Waals surface area (Å²) in [6, 6.07) is 19.3. The number of nitrogens with zero attached hydrogens (tertiary/aromatic N) is 6. The molecule has 27 nitrogen and oxygen atoms in total. The zero-order valence-corrected chi connectivity index (χ0v) is 58.3. The smallest absolute Gasteiger partial charge is 0.407 e. The molecule has 4 bridgehead atoms. The number of hydrogen-bond acceptors (Lipinski definition) is 18. The number of anilines is 3. The third-order valence-electron chi connectivity index (χ3n) is 19.6. The Morgan fingerprint density at radius 2 is 1.50 bits per heavy atom. The topological polar surface area (TPSA) is 369 Å². The first kappa shape index (κ1) is 71.8. The molecule has 0 spiro atoms. The minimum absolute atomic E-state index is 0.00331. The van der Waals surface area contributed by atoms with Crippen LogP contribution in [0.25, 0.3) is 21.3 Å². The van der Waals surface area contributed by atoms with E-state index in [4.69, 9.17) is 19.6 Å². The van der Waals surface area contributed by atoms with Crippen LogP contribution < -0.4 is 36.8 Å². The Hall–Kier alpha value is -9.45. The van der Waals surface area contributed by atoms with E-state index >= 15 is 0 Å². The summed E-state index contributed by atoms with van der Waals surface area (Å²) in [5, 5.41) is 31.9. The van der Waals surface area contributed by atoms with Gasteiger partial charge in [0, 0.05) is 79.4 Å². The van der Waals surface area contributed by atoms with Crippen LogP contribution in [0.5, 0.6) is 0 Å². The van der Waals surface area contributed by atoms with Crippen molar-refractivity contribution in [3.05, 3.63) is 131 Å². The van der Waals surface area contributed by atoms with Gasteiger partial charge in [0.15, 0.2) is 10.8 Å². The number of aromatic nitrogens is 4. The molecule has 4 saturated carbocycles. The Morgan fingerprint density at radius 3 is 2.20 bits per heavy atom. The highest BCUT2D eigenvalue weighted by atomic mass is 32.2. The van der Waals surface area contributed by atoms with Crippen LogP contribution in [-0.4, -0.2) is 152 Å². The molecule has 100 heavy (non-hydrogen) atoms. The number of hydrogen-bond donors (Lipinski definition) is 8. The number of thiazole rings is 1. The predicted molar refractivity (Wildman–Crippen MR) is 371 cm³/mol. The fourth-order valence-corrected chi connectivity index (χ4v) is 17.7. The van der Waals surface area contributed by atoms with Crippen molar-refractivity contribution < 1.29 is 70.7 Å². The van der Waals surface area contributed by atoms with Crippen molar-refractivity contribution in [2.45, 2.75) is 156 Å². The maximum atomic E-state index is 13.8. The zero-order valence-electron chi connectivity index (χ0n) is 56.7. The standard InChI is InChI=1S/C71H84N12O15S2/c1-42(2)59(79-63(89)53(34-100(94,95)96)76-56(84)17-8-7-11-28-82-57(85)24-25-58(82)86)64(90)74-43(3)61(87)75-47-20-18-45(19-21-47)33-97-67(93)72-27-30-98-71-38-68(5)35-69(6,39-71)37-70(36-68,40-71)41-83-44(4)50(31-73-83)48-22-23-55(78-60(48)65(91)92)81-29-26-46-13-12-14-49(51(46)32-81)62(88)80-66-77-52-15-9-10-16-54(52)99-66/h9-10,12-16,18-25,31,42-43,53,59H,7-8,11,17,26-30,32-41H2,1-6H3,(H,72,93)(H,74,90)(H,75,87)(H,76,84)(H,79,89)(H,91,92)(H,77,80,88)(H,94,95,96)/t43-,53?,59-,68?,69?,70?,71?/m0/s1. The average molecular weight is 1410 g/mol. The molecule has 12 rings (SSSR count). The molecule has 4 aliphatic carbocycles. The van der Waals surface area contributed by atoms with Gasteiger partial charge in [-0.05, 0) is 153 Å². The van der Waals surface area contributed by atoms with Gasteiger partial charge in [-0.3, -0.25) is 53.0 Å². The third-order valence-corrected chi connectivity index (χ3v) is 21.3. The van der Waals surface area contributed by atoms with Crippen molar-refractivity contribution in [3.63, 3.8) is 0 Å². The molecule has 3 unspecified atom stereocenters. The molecule has 5 atom stereocenters. The predicted octanol–water partition coefficient (Wildman–Crippen LogP) is 7.88. The van der Waals surface area contributed by atoms with Crippen LogP contribution in [0.2, 0.25) is 0 Å². The van der Waals surface area contributed by atoms with Crippen molar-refractivity contribution in [2.75, 3.05) is 47.5 Å². The number of carboxylic acid groups (broad SMARTS) is 1. The SMILES string of the molecule is Cc1c(-c2ccc(N3CCc4cccc(C(=O)Nc5nc6ccccc6s5)c4C3)nc2C(=O)O)cnn1CC12CC3(C)CC(C)(C1)CC(OCCNC(=O)OCc1ccc(NC(=O)[C@H](C)NC(=O)[C@@H](NC(=O)C(CS(=O)(=O)O)NC(=O)CCCCCN4C(=O)C=CC4=O)C(C)C)cc1)(C3)C2. The second-order valence-electron chi connectivity index (χ2n) is 28.4. The van der Waals surface area contributed by atoms with Gasteiger partial charge < -0.3 is 46.1 Å². The lowest BCUT2D eigenvalue weighted by Crippen LogP contribution is -2.64. The summed E-state index contributed by atoms with van der Waals surface area (Å²) in [7, 11) is -4.80. The first-order valence-corrected chi connectivity index (χ1v) is 36.0. The number of para-hydroxylation sites is 1. The summed E-state index contributed by atoms with van der Waals surface area (Å²) < 4.78 is 48.8. The van der Waals surface area contributed by atoms with Crippen LogP contribution in [-0.2, 0) is 74.5 Å². The lowest BCUT2D eigenvalue weighted by atomic mass is 9.39. The van der Waals surface area contributed by atoms with Crippen molar-refractivity contribution in [1.82, 2.24) is 45.9 Å². The van der Waals surface area contributed by atoms with E-state index in [-0.39, 0.29) is 67.0 Å². The first-order chi connectivity index (χ1) is 47.5. The second-order valence-corrected chi connectivity index (χ2v) is 31.0. The Bertz CT molecular complexity index is 4270. The number of fused-ring (bicyclic) bond motifs is 2. The zero-order chi connectivity index (χ0) is 71.5. The third kappa shape index (κ3) is 16.9. The number of carbonyl (C=O) groups excluding carboxylic acids is 8. The van der Waals surface area contributed by atoms with E-state index in [1.54, 1.807) is 50.4 Å². The molecule has 2 aliphatic heterocycles. The number of imide groups is 1. The Kier molecular flexibility index (Phi) is 21.1. The lowest BCUT2D eigenvalue weighted by molar-refractivity contribution is -0.247. The minimum Gasteiger partial charge on any atom is -0.476 e. The number of amides is 8.